The second-order valence-electron chi connectivity index (χ2n) is 8.03. The number of alkyl halides is 3. The fraction of sp³-hybridized carbons (Fsp3) is 0.333. The van der Waals surface area contributed by atoms with Crippen LogP contribution in [-0.4, -0.2) is 60.3 Å². The lowest BCUT2D eigenvalue weighted by molar-refractivity contribution is -0.141. The molecular weight excluding hydrogens is 435 g/mol. The van der Waals surface area contributed by atoms with Crippen molar-refractivity contribution in [1.29, 1.82) is 0 Å². The summed E-state index contributed by atoms with van der Waals surface area (Å²) in [7, 11) is 1.40. The minimum Gasteiger partial charge on any atom is -0.494 e. The van der Waals surface area contributed by atoms with E-state index in [2.05, 4.69) is 9.88 Å². The van der Waals surface area contributed by atoms with E-state index in [1.165, 1.54) is 13.2 Å². The van der Waals surface area contributed by atoms with Gasteiger partial charge in [-0.3, -0.25) is 9.69 Å². The van der Waals surface area contributed by atoms with Crippen molar-refractivity contribution in [2.75, 3.05) is 38.2 Å². The van der Waals surface area contributed by atoms with E-state index in [1.807, 2.05) is 41.3 Å². The summed E-state index contributed by atoms with van der Waals surface area (Å²) in [5.41, 5.74) is 1.02. The lowest BCUT2D eigenvalue weighted by Gasteiger charge is -2.42. The maximum Gasteiger partial charge on any atom is 0.433 e. The summed E-state index contributed by atoms with van der Waals surface area (Å²) in [5.74, 6) is -0.620. The second kappa shape index (κ2) is 9.27. The van der Waals surface area contributed by atoms with Crippen LogP contribution >= 0.6 is 0 Å². The SMILES string of the molecule is COc1ccc(N2CCN(CC(=O)O)[C@@H](Cc3ccccc3)C2)c2ccc(C(F)(F)F)nc12. The second-order valence-corrected chi connectivity index (χ2v) is 8.03. The molecule has 0 aliphatic carbocycles. The van der Waals surface area contributed by atoms with Crippen LogP contribution < -0.4 is 9.64 Å². The molecule has 0 bridgehead atoms. The molecule has 0 radical (unpaired) electrons. The van der Waals surface area contributed by atoms with Gasteiger partial charge in [0.25, 0.3) is 0 Å². The van der Waals surface area contributed by atoms with E-state index in [0.29, 0.717) is 31.4 Å². The number of halogens is 3. The standard InChI is InChI=1S/C24H24F3N3O3/c1-33-20-9-8-19(18-7-10-21(24(25,26)27)28-23(18)20)30-12-11-29(15-22(31)32)17(14-30)13-16-5-3-2-4-6-16/h2-10,17H,11-15H2,1H3,(H,31,32)/t17-/m0/s1. The number of rotatable bonds is 6. The molecule has 3 aromatic rings. The third-order valence-corrected chi connectivity index (χ3v) is 5.91. The molecule has 33 heavy (non-hydrogen) atoms. The predicted octanol–water partition coefficient (Wildman–Crippen LogP) is 4.08. The molecule has 1 aliphatic heterocycles. The number of carboxylic acid groups (broad SMARTS) is 1. The van der Waals surface area contributed by atoms with Crippen molar-refractivity contribution in [2.24, 2.45) is 0 Å². The Bertz CT molecular complexity index is 1140. The number of anilines is 1. The first kappa shape index (κ1) is 22.8. The van der Waals surface area contributed by atoms with Gasteiger partial charge < -0.3 is 14.7 Å². The Morgan fingerprint density at radius 1 is 1.12 bits per heavy atom. The molecule has 2 heterocycles. The summed E-state index contributed by atoms with van der Waals surface area (Å²) in [6, 6.07) is 15.6. The zero-order chi connectivity index (χ0) is 23.6. The molecule has 1 atom stereocenters. The first-order valence-corrected chi connectivity index (χ1v) is 10.6. The van der Waals surface area contributed by atoms with Crippen LogP contribution in [0.15, 0.2) is 54.6 Å². The highest BCUT2D eigenvalue weighted by Crippen LogP contribution is 2.37. The van der Waals surface area contributed by atoms with Crippen LogP contribution in [0.3, 0.4) is 0 Å². The molecule has 1 fully saturated rings. The maximum atomic E-state index is 13.2. The fourth-order valence-electron chi connectivity index (χ4n) is 4.35. The molecule has 1 aliphatic rings. The first-order chi connectivity index (χ1) is 15.8. The quantitative estimate of drug-likeness (QED) is 0.599. The van der Waals surface area contributed by atoms with E-state index < -0.39 is 17.8 Å². The molecular formula is C24H24F3N3O3. The highest BCUT2D eigenvalue weighted by Gasteiger charge is 2.34. The van der Waals surface area contributed by atoms with Gasteiger partial charge in [0.05, 0.1) is 13.7 Å². The summed E-state index contributed by atoms with van der Waals surface area (Å²) in [4.78, 5) is 19.3. The molecule has 0 saturated carbocycles. The average molecular weight is 459 g/mol. The molecule has 9 heteroatoms. The van der Waals surface area contributed by atoms with Crippen molar-refractivity contribution in [3.05, 3.63) is 65.9 Å². The highest BCUT2D eigenvalue weighted by molar-refractivity contribution is 5.96. The number of pyridine rings is 1. The minimum atomic E-state index is -4.56. The zero-order valence-corrected chi connectivity index (χ0v) is 18.0. The van der Waals surface area contributed by atoms with Crippen LogP contribution in [-0.2, 0) is 17.4 Å². The van der Waals surface area contributed by atoms with Gasteiger partial charge in [0.15, 0.2) is 0 Å². The summed E-state index contributed by atoms with van der Waals surface area (Å²) < 4.78 is 45.0. The van der Waals surface area contributed by atoms with E-state index in [-0.39, 0.29) is 23.9 Å². The van der Waals surface area contributed by atoms with Gasteiger partial charge in [-0.1, -0.05) is 30.3 Å². The van der Waals surface area contributed by atoms with Crippen LogP contribution in [0.25, 0.3) is 10.9 Å². The van der Waals surface area contributed by atoms with Gasteiger partial charge in [0.1, 0.15) is 17.0 Å². The van der Waals surface area contributed by atoms with Crippen molar-refractivity contribution in [1.82, 2.24) is 9.88 Å². The Labute approximate surface area is 189 Å². The number of carbonyl (C=O) groups is 1. The normalized spacial score (nSPS) is 17.3. The van der Waals surface area contributed by atoms with Gasteiger partial charge in [-0.25, -0.2) is 4.98 Å². The smallest absolute Gasteiger partial charge is 0.433 e. The largest absolute Gasteiger partial charge is 0.494 e. The van der Waals surface area contributed by atoms with E-state index in [9.17, 15) is 23.1 Å². The van der Waals surface area contributed by atoms with Crippen LogP contribution in [0.5, 0.6) is 5.75 Å². The number of aromatic nitrogens is 1. The number of benzene rings is 2. The zero-order valence-electron chi connectivity index (χ0n) is 18.0. The molecule has 174 valence electrons. The number of hydrogen-bond acceptors (Lipinski definition) is 5. The van der Waals surface area contributed by atoms with E-state index in [4.69, 9.17) is 4.74 Å². The Kier molecular flexibility index (Phi) is 6.42. The van der Waals surface area contributed by atoms with Crippen molar-refractivity contribution < 1.29 is 27.8 Å². The lowest BCUT2D eigenvalue weighted by Crippen LogP contribution is -2.55. The highest BCUT2D eigenvalue weighted by atomic mass is 19.4. The van der Waals surface area contributed by atoms with Crippen LogP contribution in [0, 0.1) is 0 Å². The molecule has 0 unspecified atom stereocenters. The van der Waals surface area contributed by atoms with Crippen molar-refractivity contribution in [2.45, 2.75) is 18.6 Å². The summed E-state index contributed by atoms with van der Waals surface area (Å²) >= 11 is 0. The maximum absolute atomic E-state index is 13.2. The number of fused-ring (bicyclic) bond motifs is 1. The van der Waals surface area contributed by atoms with Crippen LogP contribution in [0.1, 0.15) is 11.3 Å². The number of ether oxygens (including phenoxy) is 1. The number of nitrogens with zero attached hydrogens (tertiary/aromatic N) is 3. The van der Waals surface area contributed by atoms with Crippen LogP contribution in [0.2, 0.25) is 0 Å². The number of piperazine rings is 1. The third-order valence-electron chi connectivity index (χ3n) is 5.91. The Morgan fingerprint density at radius 2 is 1.88 bits per heavy atom. The van der Waals surface area contributed by atoms with Gasteiger partial charge >= 0.3 is 12.1 Å². The van der Waals surface area contributed by atoms with Crippen molar-refractivity contribution in [3.63, 3.8) is 0 Å². The number of methoxy groups -OCH3 is 1. The number of hydrogen-bond donors (Lipinski definition) is 1. The van der Waals surface area contributed by atoms with Gasteiger partial charge in [0, 0.05) is 36.7 Å². The van der Waals surface area contributed by atoms with E-state index >= 15 is 0 Å². The summed E-state index contributed by atoms with van der Waals surface area (Å²) in [6.07, 6.45) is -3.90. The van der Waals surface area contributed by atoms with Crippen molar-refractivity contribution >= 4 is 22.6 Å². The Hall–Kier alpha value is -3.33. The molecule has 2 aromatic carbocycles. The van der Waals surface area contributed by atoms with Crippen LogP contribution in [0.4, 0.5) is 18.9 Å². The average Bonchev–Trinajstić information content (AvgIpc) is 2.79. The Morgan fingerprint density at radius 3 is 2.55 bits per heavy atom. The predicted molar refractivity (Wildman–Crippen MR) is 119 cm³/mol. The molecule has 4 rings (SSSR count). The number of carboxylic acids is 1. The van der Waals surface area contributed by atoms with Crippen molar-refractivity contribution in [3.8, 4) is 5.75 Å². The molecule has 1 N–H and O–H groups in total. The minimum absolute atomic E-state index is 0.0643. The fourth-order valence-corrected chi connectivity index (χ4v) is 4.35. The topological polar surface area (TPSA) is 65.9 Å². The molecule has 0 spiro atoms. The molecule has 6 nitrogen and oxygen atoms in total. The molecule has 1 saturated heterocycles. The van der Waals surface area contributed by atoms with Gasteiger partial charge in [-0.05, 0) is 36.2 Å². The Balaban J connectivity index is 1.69. The summed E-state index contributed by atoms with van der Waals surface area (Å²) in [6.45, 7) is 1.53. The molecule has 1 aromatic heterocycles. The monoisotopic (exact) mass is 459 g/mol. The van der Waals surface area contributed by atoms with E-state index in [0.717, 1.165) is 17.3 Å². The van der Waals surface area contributed by atoms with Gasteiger partial charge in [0.2, 0.25) is 0 Å². The summed E-state index contributed by atoms with van der Waals surface area (Å²) in [5, 5.41) is 9.92. The van der Waals surface area contributed by atoms with Gasteiger partial charge in [-0.15, -0.1) is 0 Å². The number of aliphatic carboxylic acids is 1. The lowest BCUT2D eigenvalue weighted by atomic mass is 10.0. The molecule has 0 amide bonds. The van der Waals surface area contributed by atoms with E-state index in [1.54, 1.807) is 6.07 Å². The van der Waals surface area contributed by atoms with Gasteiger partial charge in [-0.2, -0.15) is 13.2 Å². The first-order valence-electron chi connectivity index (χ1n) is 10.6. The third kappa shape index (κ3) is 5.03.